The number of para-hydroxylation sites is 1. The lowest BCUT2D eigenvalue weighted by molar-refractivity contribution is 0.0667. The molecule has 4 heteroatoms. The fourth-order valence-corrected chi connectivity index (χ4v) is 5.37. The number of carbonyl (C=O) groups is 1. The Bertz CT molecular complexity index is 861. The van der Waals surface area contributed by atoms with Gasteiger partial charge < -0.3 is 14.6 Å². The fourth-order valence-electron chi connectivity index (χ4n) is 5.37. The molecule has 0 radical (unpaired) electrons. The van der Waals surface area contributed by atoms with Gasteiger partial charge in [-0.2, -0.15) is 0 Å². The summed E-state index contributed by atoms with van der Waals surface area (Å²) in [6.07, 6.45) is 5.83. The van der Waals surface area contributed by atoms with E-state index in [-0.39, 0.29) is 24.0 Å². The number of aliphatic hydroxyl groups excluding tert-OH is 1. The standard InChI is InChI=1S/C23H30N2O2/c1-16-8-4-5-9-21(16)25-17(2)12-20(18(25)3)22(27)24-15-23(10-6-7-11-23)13-19(24)14-26/h4-5,8-9,12,19,26H,6-7,10-11,13-15H2,1-3H3. The van der Waals surface area contributed by atoms with E-state index in [4.69, 9.17) is 0 Å². The number of aliphatic hydroxyl groups is 1. The summed E-state index contributed by atoms with van der Waals surface area (Å²) in [6, 6.07) is 10.2. The van der Waals surface area contributed by atoms with Crippen molar-refractivity contribution in [1.29, 1.82) is 0 Å². The minimum absolute atomic E-state index is 0.0443. The zero-order chi connectivity index (χ0) is 19.2. The number of carbonyl (C=O) groups excluding carboxylic acids is 1. The first-order valence-corrected chi connectivity index (χ1v) is 10.1. The molecule has 1 saturated heterocycles. The molecule has 1 unspecified atom stereocenters. The molecule has 2 fully saturated rings. The van der Waals surface area contributed by atoms with Crippen molar-refractivity contribution in [3.8, 4) is 5.69 Å². The highest BCUT2D eigenvalue weighted by atomic mass is 16.3. The van der Waals surface area contributed by atoms with Crippen molar-refractivity contribution in [3.63, 3.8) is 0 Å². The Hall–Kier alpha value is -2.07. The third-order valence-electron chi connectivity index (χ3n) is 6.77. The Morgan fingerprint density at radius 2 is 1.89 bits per heavy atom. The lowest BCUT2D eigenvalue weighted by atomic mass is 9.84. The van der Waals surface area contributed by atoms with Gasteiger partial charge in [-0.05, 0) is 63.1 Å². The molecule has 0 bridgehead atoms. The van der Waals surface area contributed by atoms with Crippen LogP contribution in [0.15, 0.2) is 30.3 Å². The van der Waals surface area contributed by atoms with E-state index in [2.05, 4.69) is 30.5 Å². The summed E-state index contributed by atoms with van der Waals surface area (Å²) in [6.45, 7) is 7.04. The first-order chi connectivity index (χ1) is 13.0. The summed E-state index contributed by atoms with van der Waals surface area (Å²) in [5, 5.41) is 9.92. The predicted octanol–water partition coefficient (Wildman–Crippen LogP) is 4.17. The van der Waals surface area contributed by atoms with Gasteiger partial charge in [0.25, 0.3) is 5.91 Å². The van der Waals surface area contributed by atoms with Gasteiger partial charge in [0.05, 0.1) is 18.2 Å². The fraction of sp³-hybridized carbons (Fsp3) is 0.522. The zero-order valence-corrected chi connectivity index (χ0v) is 16.7. The maximum atomic E-state index is 13.5. The molecular formula is C23H30N2O2. The summed E-state index contributed by atoms with van der Waals surface area (Å²) in [4.78, 5) is 15.4. The number of benzene rings is 1. The van der Waals surface area contributed by atoms with Crippen LogP contribution in [0.2, 0.25) is 0 Å². The van der Waals surface area contributed by atoms with Crippen molar-refractivity contribution >= 4 is 5.91 Å². The normalized spacial score (nSPS) is 21.3. The first kappa shape index (κ1) is 18.3. The summed E-state index contributed by atoms with van der Waals surface area (Å²) in [5.74, 6) is 0.0748. The van der Waals surface area contributed by atoms with Crippen LogP contribution in [-0.2, 0) is 0 Å². The molecule has 4 nitrogen and oxygen atoms in total. The molecule has 4 rings (SSSR count). The molecule has 27 heavy (non-hydrogen) atoms. The summed E-state index contributed by atoms with van der Waals surface area (Å²) in [7, 11) is 0. The molecule has 2 heterocycles. The van der Waals surface area contributed by atoms with Crippen molar-refractivity contribution in [1.82, 2.24) is 9.47 Å². The second kappa shape index (κ2) is 6.83. The zero-order valence-electron chi connectivity index (χ0n) is 16.7. The minimum atomic E-state index is -0.0443. The van der Waals surface area contributed by atoms with Crippen molar-refractivity contribution < 1.29 is 9.90 Å². The number of aromatic nitrogens is 1. The van der Waals surface area contributed by atoms with Gasteiger partial charge in [0.2, 0.25) is 0 Å². The van der Waals surface area contributed by atoms with E-state index in [1.165, 1.54) is 31.2 Å². The molecule has 1 amide bonds. The highest BCUT2D eigenvalue weighted by molar-refractivity contribution is 5.96. The van der Waals surface area contributed by atoms with Crippen LogP contribution in [0.5, 0.6) is 0 Å². The van der Waals surface area contributed by atoms with Gasteiger partial charge in [-0.15, -0.1) is 0 Å². The molecule has 1 aromatic heterocycles. The summed E-state index contributed by atoms with van der Waals surface area (Å²) >= 11 is 0. The van der Waals surface area contributed by atoms with Crippen LogP contribution >= 0.6 is 0 Å². The number of likely N-dealkylation sites (tertiary alicyclic amines) is 1. The van der Waals surface area contributed by atoms with Crippen LogP contribution in [0.3, 0.4) is 0 Å². The summed E-state index contributed by atoms with van der Waals surface area (Å²) in [5.41, 5.74) is 5.38. The van der Waals surface area contributed by atoms with Gasteiger partial charge in [-0.1, -0.05) is 31.0 Å². The first-order valence-electron chi connectivity index (χ1n) is 10.1. The summed E-state index contributed by atoms with van der Waals surface area (Å²) < 4.78 is 2.18. The molecule has 2 aromatic rings. The largest absolute Gasteiger partial charge is 0.394 e. The minimum Gasteiger partial charge on any atom is -0.394 e. The Balaban J connectivity index is 1.69. The van der Waals surface area contributed by atoms with Gasteiger partial charge in [0.15, 0.2) is 0 Å². The lowest BCUT2D eigenvalue weighted by Crippen LogP contribution is -2.38. The molecule has 1 aliphatic carbocycles. The molecule has 2 aliphatic rings. The van der Waals surface area contributed by atoms with Crippen LogP contribution < -0.4 is 0 Å². The third-order valence-corrected chi connectivity index (χ3v) is 6.77. The number of aryl methyl sites for hydroxylation is 2. The van der Waals surface area contributed by atoms with Gasteiger partial charge in [0.1, 0.15) is 0 Å². The Labute approximate surface area is 161 Å². The number of hydrogen-bond acceptors (Lipinski definition) is 2. The monoisotopic (exact) mass is 366 g/mol. The molecule has 1 aromatic carbocycles. The molecule has 144 valence electrons. The quantitative estimate of drug-likeness (QED) is 0.886. The van der Waals surface area contributed by atoms with E-state index >= 15 is 0 Å². The lowest BCUT2D eigenvalue weighted by Gasteiger charge is -2.25. The maximum Gasteiger partial charge on any atom is 0.256 e. The number of amides is 1. The highest BCUT2D eigenvalue weighted by Crippen LogP contribution is 2.48. The molecular weight excluding hydrogens is 336 g/mol. The predicted molar refractivity (Wildman–Crippen MR) is 107 cm³/mol. The number of hydrogen-bond donors (Lipinski definition) is 1. The third kappa shape index (κ3) is 3.00. The van der Waals surface area contributed by atoms with Gasteiger partial charge in [0, 0.05) is 23.6 Å². The Kier molecular flexibility index (Phi) is 4.63. The molecule has 1 atom stereocenters. The van der Waals surface area contributed by atoms with Crippen LogP contribution in [0.1, 0.15) is 59.4 Å². The van der Waals surface area contributed by atoms with Crippen LogP contribution in [0.4, 0.5) is 0 Å². The van der Waals surface area contributed by atoms with Gasteiger partial charge >= 0.3 is 0 Å². The number of nitrogens with zero attached hydrogens (tertiary/aromatic N) is 2. The van der Waals surface area contributed by atoms with E-state index in [1.54, 1.807) is 0 Å². The van der Waals surface area contributed by atoms with Gasteiger partial charge in [-0.3, -0.25) is 4.79 Å². The second-order valence-corrected chi connectivity index (χ2v) is 8.59. The van der Waals surface area contributed by atoms with Crippen molar-refractivity contribution in [2.24, 2.45) is 5.41 Å². The topological polar surface area (TPSA) is 45.5 Å². The highest BCUT2D eigenvalue weighted by Gasteiger charge is 2.47. The Morgan fingerprint density at radius 3 is 2.56 bits per heavy atom. The molecule has 1 spiro atoms. The van der Waals surface area contributed by atoms with E-state index in [9.17, 15) is 9.90 Å². The van der Waals surface area contributed by atoms with Gasteiger partial charge in [-0.25, -0.2) is 0 Å². The van der Waals surface area contributed by atoms with Crippen LogP contribution in [0.25, 0.3) is 5.69 Å². The smallest absolute Gasteiger partial charge is 0.256 e. The van der Waals surface area contributed by atoms with Crippen molar-refractivity contribution in [3.05, 3.63) is 52.8 Å². The molecule has 1 saturated carbocycles. The van der Waals surface area contributed by atoms with E-state index in [0.717, 1.165) is 35.6 Å². The SMILES string of the molecule is Cc1ccccc1-n1c(C)cc(C(=O)N2CC3(CCCC3)CC2CO)c1C. The maximum absolute atomic E-state index is 13.5. The second-order valence-electron chi connectivity index (χ2n) is 8.59. The number of rotatable bonds is 3. The molecule has 1 aliphatic heterocycles. The van der Waals surface area contributed by atoms with Crippen LogP contribution in [0, 0.1) is 26.2 Å². The van der Waals surface area contributed by atoms with Crippen LogP contribution in [-0.4, -0.2) is 39.7 Å². The van der Waals surface area contributed by atoms with E-state index < -0.39 is 0 Å². The van der Waals surface area contributed by atoms with E-state index in [0.29, 0.717) is 0 Å². The van der Waals surface area contributed by atoms with Crippen molar-refractivity contribution in [2.45, 2.75) is 58.9 Å². The van der Waals surface area contributed by atoms with Crippen molar-refractivity contribution in [2.75, 3.05) is 13.2 Å². The average molecular weight is 367 g/mol. The van der Waals surface area contributed by atoms with E-state index in [1.807, 2.05) is 30.0 Å². The Morgan fingerprint density at radius 1 is 1.19 bits per heavy atom. The average Bonchev–Trinajstić information content (AvgIpc) is 3.34. The molecule has 1 N–H and O–H groups in total.